The number of benzene rings is 1. The number of amides is 2. The summed E-state index contributed by atoms with van der Waals surface area (Å²) in [4.78, 5) is 15.6. The third kappa shape index (κ3) is 4.89. The van der Waals surface area contributed by atoms with E-state index in [1.807, 2.05) is 30.3 Å². The smallest absolute Gasteiger partial charge is 0.273 e. The molecule has 10 heteroatoms. The van der Waals surface area contributed by atoms with Crippen molar-refractivity contribution < 1.29 is 13.2 Å². The molecule has 2 fully saturated rings. The number of aromatic nitrogens is 2. The second-order valence-electron chi connectivity index (χ2n) is 8.82. The normalized spacial score (nSPS) is 17.9. The van der Waals surface area contributed by atoms with E-state index in [1.54, 1.807) is 4.68 Å². The van der Waals surface area contributed by atoms with Crippen molar-refractivity contribution >= 4 is 22.1 Å². The number of rotatable bonds is 5. The van der Waals surface area contributed by atoms with Crippen LogP contribution in [0.3, 0.4) is 0 Å². The molecular weight excluding hydrogens is 440 g/mol. The highest BCUT2D eigenvalue weighted by Crippen LogP contribution is 2.34. The van der Waals surface area contributed by atoms with Crippen LogP contribution in [0.25, 0.3) is 5.69 Å². The highest BCUT2D eigenvalue weighted by Gasteiger charge is 2.41. The molecule has 2 aliphatic rings. The van der Waals surface area contributed by atoms with Crippen molar-refractivity contribution in [3.8, 4) is 11.8 Å². The molecule has 0 aliphatic heterocycles. The highest BCUT2D eigenvalue weighted by atomic mass is 32.2. The van der Waals surface area contributed by atoms with Gasteiger partial charge in [-0.15, -0.1) is 0 Å². The topological polar surface area (TPSA) is 125 Å². The average molecular weight is 471 g/mol. The second-order valence-corrected chi connectivity index (χ2v) is 10.2. The molecule has 0 saturated heterocycles. The van der Waals surface area contributed by atoms with Crippen LogP contribution in [0.1, 0.15) is 69.8 Å². The second kappa shape index (κ2) is 9.93. The van der Waals surface area contributed by atoms with Crippen LogP contribution >= 0.6 is 0 Å². The van der Waals surface area contributed by atoms with Crippen LogP contribution in [-0.4, -0.2) is 40.6 Å². The molecule has 0 bridgehead atoms. The minimum absolute atomic E-state index is 0.218. The number of carbonyl (C=O) groups excluding carboxylic acids is 1. The summed E-state index contributed by atoms with van der Waals surface area (Å²) < 4.78 is 27.8. The summed E-state index contributed by atoms with van der Waals surface area (Å²) in [5, 5.41) is 19.9. The first kappa shape index (κ1) is 23.3. The standard InChI is InChI=1S/C23H30N6O3S/c24-16-18-17-26-28(20-12-6-2-7-13-20)22(18)27(19-10-4-1-5-11-19)23(30)29(33(25,31)32)21-14-8-3-9-15-21/h2,6-7,12-13,17,19,21H,1,3-5,8-11,14-15H2,(H2,25,31,32). The molecule has 4 rings (SSSR count). The summed E-state index contributed by atoms with van der Waals surface area (Å²) in [5.41, 5.74) is 0.901. The summed E-state index contributed by atoms with van der Waals surface area (Å²) in [6.07, 6.45) is 9.65. The van der Waals surface area contributed by atoms with E-state index in [9.17, 15) is 18.5 Å². The number of para-hydroxylation sites is 1. The van der Waals surface area contributed by atoms with Gasteiger partial charge < -0.3 is 0 Å². The molecule has 176 valence electrons. The van der Waals surface area contributed by atoms with Gasteiger partial charge in [-0.1, -0.05) is 56.7 Å². The van der Waals surface area contributed by atoms with Crippen LogP contribution in [0.15, 0.2) is 36.5 Å². The Balaban J connectivity index is 1.85. The van der Waals surface area contributed by atoms with Gasteiger partial charge in [-0.2, -0.15) is 18.8 Å². The number of hydrogen-bond acceptors (Lipinski definition) is 5. The van der Waals surface area contributed by atoms with Crippen molar-refractivity contribution in [1.29, 1.82) is 5.26 Å². The molecule has 2 aliphatic carbocycles. The largest absolute Gasteiger partial charge is 0.340 e. The van der Waals surface area contributed by atoms with E-state index in [-0.39, 0.29) is 11.6 Å². The van der Waals surface area contributed by atoms with E-state index in [2.05, 4.69) is 11.2 Å². The van der Waals surface area contributed by atoms with Crippen LogP contribution in [0.4, 0.5) is 10.6 Å². The maximum atomic E-state index is 14.1. The molecule has 0 radical (unpaired) electrons. The maximum absolute atomic E-state index is 14.1. The summed E-state index contributed by atoms with van der Waals surface area (Å²) in [5.74, 6) is 0.296. The first-order valence-corrected chi connectivity index (χ1v) is 13.1. The van der Waals surface area contributed by atoms with Gasteiger partial charge in [-0.05, 0) is 37.8 Å². The summed E-state index contributed by atoms with van der Waals surface area (Å²) >= 11 is 0. The van der Waals surface area contributed by atoms with E-state index in [1.165, 1.54) is 11.1 Å². The van der Waals surface area contributed by atoms with Gasteiger partial charge in [0, 0.05) is 6.04 Å². The number of urea groups is 1. The van der Waals surface area contributed by atoms with E-state index < -0.39 is 22.3 Å². The number of nitriles is 1. The Morgan fingerprint density at radius 3 is 2.12 bits per heavy atom. The van der Waals surface area contributed by atoms with E-state index >= 15 is 0 Å². The predicted molar refractivity (Wildman–Crippen MR) is 125 cm³/mol. The lowest BCUT2D eigenvalue weighted by molar-refractivity contribution is 0.201. The van der Waals surface area contributed by atoms with Crippen LogP contribution < -0.4 is 10.0 Å². The van der Waals surface area contributed by atoms with Crippen LogP contribution in [0.5, 0.6) is 0 Å². The lowest BCUT2D eigenvalue weighted by Crippen LogP contribution is -2.57. The number of carbonyl (C=O) groups is 1. The molecule has 0 atom stereocenters. The molecule has 9 nitrogen and oxygen atoms in total. The van der Waals surface area contributed by atoms with Gasteiger partial charge >= 0.3 is 16.2 Å². The SMILES string of the molecule is N#Cc1cnn(-c2ccccc2)c1N(C(=O)N(C1CCCCC1)S(N)(=O)=O)C1CCCCC1. The third-order valence-electron chi connectivity index (χ3n) is 6.61. The van der Waals surface area contributed by atoms with Crippen LogP contribution in [0.2, 0.25) is 0 Å². The van der Waals surface area contributed by atoms with E-state index in [0.29, 0.717) is 24.3 Å². The highest BCUT2D eigenvalue weighted by molar-refractivity contribution is 7.87. The van der Waals surface area contributed by atoms with Crippen molar-refractivity contribution in [3.63, 3.8) is 0 Å². The van der Waals surface area contributed by atoms with Gasteiger partial charge in [0.05, 0.1) is 17.9 Å². The van der Waals surface area contributed by atoms with Gasteiger partial charge in [-0.25, -0.2) is 18.9 Å². The predicted octanol–water partition coefficient (Wildman–Crippen LogP) is 3.84. The minimum atomic E-state index is -4.31. The summed E-state index contributed by atoms with van der Waals surface area (Å²) in [6.45, 7) is 0. The van der Waals surface area contributed by atoms with Crippen molar-refractivity contribution in [2.24, 2.45) is 5.14 Å². The zero-order valence-electron chi connectivity index (χ0n) is 18.6. The van der Waals surface area contributed by atoms with Crippen molar-refractivity contribution in [1.82, 2.24) is 14.1 Å². The van der Waals surface area contributed by atoms with Crippen LogP contribution in [0, 0.1) is 11.3 Å². The quantitative estimate of drug-likeness (QED) is 0.710. The summed E-state index contributed by atoms with van der Waals surface area (Å²) in [7, 11) is -4.31. The van der Waals surface area contributed by atoms with Crippen molar-refractivity contribution in [2.45, 2.75) is 76.3 Å². The zero-order valence-corrected chi connectivity index (χ0v) is 19.5. The molecule has 2 amide bonds. The molecule has 0 spiro atoms. The Labute approximate surface area is 195 Å². The Morgan fingerprint density at radius 2 is 1.58 bits per heavy atom. The van der Waals surface area contributed by atoms with Gasteiger partial charge in [0.15, 0.2) is 5.82 Å². The Bertz CT molecular complexity index is 1110. The Kier molecular flexibility index (Phi) is 7.00. The fraction of sp³-hybridized carbons (Fsp3) is 0.522. The fourth-order valence-electron chi connectivity index (χ4n) is 5.06. The Hall–Kier alpha value is -2.90. The third-order valence-corrected chi connectivity index (χ3v) is 7.61. The first-order valence-electron chi connectivity index (χ1n) is 11.6. The zero-order chi connectivity index (χ0) is 23.4. The first-order chi connectivity index (χ1) is 15.9. The number of anilines is 1. The number of nitrogens with zero attached hydrogens (tertiary/aromatic N) is 5. The lowest BCUT2D eigenvalue weighted by Gasteiger charge is -2.40. The molecule has 2 saturated carbocycles. The lowest BCUT2D eigenvalue weighted by atomic mass is 9.93. The number of nitrogens with two attached hydrogens (primary N) is 1. The van der Waals surface area contributed by atoms with Gasteiger partial charge in [-0.3, -0.25) is 4.90 Å². The molecule has 33 heavy (non-hydrogen) atoms. The molecule has 2 aromatic rings. The van der Waals surface area contributed by atoms with Gasteiger partial charge in [0.2, 0.25) is 0 Å². The van der Waals surface area contributed by atoms with Gasteiger partial charge in [0.1, 0.15) is 11.6 Å². The monoisotopic (exact) mass is 470 g/mol. The molecular formula is C23H30N6O3S. The molecule has 1 heterocycles. The number of hydrogen-bond donors (Lipinski definition) is 1. The molecule has 2 N–H and O–H groups in total. The van der Waals surface area contributed by atoms with Crippen molar-refractivity contribution in [3.05, 3.63) is 42.1 Å². The Morgan fingerprint density at radius 1 is 1.00 bits per heavy atom. The minimum Gasteiger partial charge on any atom is -0.273 e. The van der Waals surface area contributed by atoms with Crippen molar-refractivity contribution in [2.75, 3.05) is 4.90 Å². The summed E-state index contributed by atoms with van der Waals surface area (Å²) in [6, 6.07) is 9.95. The van der Waals surface area contributed by atoms with E-state index in [0.717, 1.165) is 55.7 Å². The van der Waals surface area contributed by atoms with E-state index in [4.69, 9.17) is 5.14 Å². The molecule has 0 unspecified atom stereocenters. The fourth-order valence-corrected chi connectivity index (χ4v) is 6.00. The molecule has 1 aromatic carbocycles. The van der Waals surface area contributed by atoms with Crippen LogP contribution in [-0.2, 0) is 10.2 Å². The van der Waals surface area contributed by atoms with Gasteiger partial charge in [0.25, 0.3) is 0 Å². The molecule has 1 aromatic heterocycles. The maximum Gasteiger partial charge on any atom is 0.340 e. The average Bonchev–Trinajstić information content (AvgIpc) is 3.24.